The molecule has 2 unspecified atom stereocenters. The zero-order valence-electron chi connectivity index (χ0n) is 18.1. The fourth-order valence-electron chi connectivity index (χ4n) is 4.02. The van der Waals surface area contributed by atoms with Crippen LogP contribution in [0.4, 0.5) is 11.4 Å². The Bertz CT molecular complexity index is 1120. The summed E-state index contributed by atoms with van der Waals surface area (Å²) in [7, 11) is -4.03. The molecule has 9 nitrogen and oxygen atoms in total. The molecular weight excluding hydrogens is 470 g/mol. The molecule has 1 aromatic heterocycles. The van der Waals surface area contributed by atoms with E-state index in [1.54, 1.807) is 12.1 Å². The van der Waals surface area contributed by atoms with Gasteiger partial charge in [-0.3, -0.25) is 9.10 Å². The van der Waals surface area contributed by atoms with Crippen LogP contribution in [0.1, 0.15) is 19.8 Å². The number of hydrogen-bond donors (Lipinski definition) is 2. The maximum Gasteiger partial charge on any atom is 0.264 e. The van der Waals surface area contributed by atoms with Crippen molar-refractivity contribution in [1.29, 1.82) is 0 Å². The van der Waals surface area contributed by atoms with Crippen LogP contribution in [0.2, 0.25) is 5.02 Å². The van der Waals surface area contributed by atoms with Gasteiger partial charge in [-0.05, 0) is 43.0 Å². The number of carbonyl (C=O) groups excluding carboxylic acids is 1. The van der Waals surface area contributed by atoms with Gasteiger partial charge < -0.3 is 19.9 Å². The second kappa shape index (κ2) is 9.84. The number of rotatable bonds is 6. The molecule has 4 rings (SSSR count). The van der Waals surface area contributed by atoms with Crippen molar-refractivity contribution >= 4 is 38.9 Å². The molecule has 11 heteroatoms. The van der Waals surface area contributed by atoms with Gasteiger partial charge in [0.15, 0.2) is 0 Å². The maximum atomic E-state index is 13.4. The fraction of sp³-hybridized carbons (Fsp3) is 0.455. The van der Waals surface area contributed by atoms with Gasteiger partial charge in [0.1, 0.15) is 11.8 Å². The number of amides is 1. The van der Waals surface area contributed by atoms with Gasteiger partial charge >= 0.3 is 0 Å². The highest BCUT2D eigenvalue weighted by Crippen LogP contribution is 2.37. The van der Waals surface area contributed by atoms with E-state index in [2.05, 4.69) is 10.3 Å². The first kappa shape index (κ1) is 23.7. The Kier molecular flexibility index (Phi) is 7.08. The van der Waals surface area contributed by atoms with Gasteiger partial charge in [0, 0.05) is 24.2 Å². The highest BCUT2D eigenvalue weighted by atomic mass is 35.5. The van der Waals surface area contributed by atoms with E-state index in [9.17, 15) is 18.3 Å². The van der Waals surface area contributed by atoms with Crippen molar-refractivity contribution in [2.75, 3.05) is 36.0 Å². The van der Waals surface area contributed by atoms with E-state index in [1.807, 2.05) is 6.92 Å². The number of fused-ring (bicyclic) bond motifs is 1. The molecule has 33 heavy (non-hydrogen) atoms. The molecule has 0 bridgehead atoms. The summed E-state index contributed by atoms with van der Waals surface area (Å²) >= 11 is 6.01. The Labute approximate surface area is 197 Å². The van der Waals surface area contributed by atoms with E-state index < -0.39 is 16.1 Å². The molecule has 2 aliphatic rings. The average Bonchev–Trinajstić information content (AvgIpc) is 2.83. The number of ether oxygens (including phenoxy) is 2. The monoisotopic (exact) mass is 495 g/mol. The second-order valence-electron chi connectivity index (χ2n) is 8.19. The Morgan fingerprint density at radius 1 is 1.33 bits per heavy atom. The summed E-state index contributed by atoms with van der Waals surface area (Å²) < 4.78 is 39.0. The lowest BCUT2D eigenvalue weighted by atomic mass is 9.87. The van der Waals surface area contributed by atoms with Crippen LogP contribution in [-0.4, -0.2) is 56.9 Å². The van der Waals surface area contributed by atoms with Crippen molar-refractivity contribution in [3.8, 4) is 5.88 Å². The third-order valence-corrected chi connectivity index (χ3v) is 8.00. The van der Waals surface area contributed by atoms with E-state index in [-0.39, 0.29) is 52.4 Å². The molecule has 1 aromatic carbocycles. The molecule has 2 N–H and O–H groups in total. The van der Waals surface area contributed by atoms with Crippen LogP contribution in [-0.2, 0) is 19.6 Å². The molecule has 0 aliphatic carbocycles. The standard InChI is InChI=1S/C22H26ClN3O6S/c1-14(15-5-7-31-8-6-15)21(28)25-17-10-20-22(24-11-17)32-18(13-27)12-26(20)33(29,30)19-4-2-3-16(23)9-19/h2-4,9-11,14-15,18,27H,5-8,12-13H2,1H3,(H,25,28). The Hall–Kier alpha value is -2.40. The Balaban J connectivity index is 1.63. The summed E-state index contributed by atoms with van der Waals surface area (Å²) in [6.45, 7) is 2.66. The predicted octanol–water partition coefficient (Wildman–Crippen LogP) is 2.68. The van der Waals surface area contributed by atoms with Gasteiger partial charge in [0.2, 0.25) is 11.8 Å². The minimum atomic E-state index is -4.03. The molecule has 0 saturated carbocycles. The number of carbonyl (C=O) groups is 1. The van der Waals surface area contributed by atoms with Crippen LogP contribution < -0.4 is 14.4 Å². The molecule has 0 spiro atoms. The summed E-state index contributed by atoms with van der Waals surface area (Å²) in [4.78, 5) is 17.0. The Morgan fingerprint density at radius 3 is 2.79 bits per heavy atom. The average molecular weight is 496 g/mol. The second-order valence-corrected chi connectivity index (χ2v) is 10.5. The number of nitrogens with zero attached hydrogens (tertiary/aromatic N) is 2. The molecular formula is C22H26ClN3O6S. The third kappa shape index (κ3) is 5.08. The fourth-order valence-corrected chi connectivity index (χ4v) is 5.81. The van der Waals surface area contributed by atoms with Crippen molar-refractivity contribution in [2.24, 2.45) is 11.8 Å². The van der Waals surface area contributed by atoms with Crippen LogP contribution in [0.25, 0.3) is 0 Å². The van der Waals surface area contributed by atoms with Crippen LogP contribution in [0.15, 0.2) is 41.4 Å². The van der Waals surface area contributed by atoms with Crippen LogP contribution in [0, 0.1) is 11.8 Å². The van der Waals surface area contributed by atoms with Gasteiger partial charge in [-0.2, -0.15) is 0 Å². The summed E-state index contributed by atoms with van der Waals surface area (Å²) in [6.07, 6.45) is 2.27. The Morgan fingerprint density at radius 2 is 2.09 bits per heavy atom. The topological polar surface area (TPSA) is 118 Å². The minimum absolute atomic E-state index is 0.00196. The van der Waals surface area contributed by atoms with Gasteiger partial charge in [0.25, 0.3) is 10.0 Å². The number of anilines is 2. The molecule has 0 radical (unpaired) electrons. The number of aromatic nitrogens is 1. The molecule has 1 amide bonds. The van der Waals surface area contributed by atoms with Gasteiger partial charge in [-0.25, -0.2) is 13.4 Å². The number of hydrogen-bond acceptors (Lipinski definition) is 7. The van der Waals surface area contributed by atoms with Gasteiger partial charge in [-0.1, -0.05) is 24.6 Å². The van der Waals surface area contributed by atoms with Crippen molar-refractivity contribution in [3.63, 3.8) is 0 Å². The number of sulfonamides is 1. The summed E-state index contributed by atoms with van der Waals surface area (Å²) in [5.41, 5.74) is 0.534. The highest BCUT2D eigenvalue weighted by molar-refractivity contribution is 7.92. The lowest BCUT2D eigenvalue weighted by Gasteiger charge is -2.34. The number of aliphatic hydroxyl groups is 1. The lowest BCUT2D eigenvalue weighted by molar-refractivity contribution is -0.122. The summed E-state index contributed by atoms with van der Waals surface area (Å²) in [6, 6.07) is 7.45. The largest absolute Gasteiger partial charge is 0.468 e. The van der Waals surface area contributed by atoms with E-state index in [4.69, 9.17) is 21.1 Å². The van der Waals surface area contributed by atoms with E-state index in [1.165, 1.54) is 24.4 Å². The summed E-state index contributed by atoms with van der Waals surface area (Å²) in [5, 5.41) is 12.7. The molecule has 1 fully saturated rings. The molecule has 2 aromatic rings. The van der Waals surface area contributed by atoms with Gasteiger partial charge in [0.05, 0.1) is 29.9 Å². The van der Waals surface area contributed by atoms with Crippen LogP contribution >= 0.6 is 11.6 Å². The zero-order chi connectivity index (χ0) is 23.6. The first-order valence-electron chi connectivity index (χ1n) is 10.7. The van der Waals surface area contributed by atoms with E-state index >= 15 is 0 Å². The number of pyridine rings is 1. The van der Waals surface area contributed by atoms with Crippen molar-refractivity contribution in [1.82, 2.24) is 4.98 Å². The zero-order valence-corrected chi connectivity index (χ0v) is 19.7. The molecule has 3 heterocycles. The van der Waals surface area contributed by atoms with Crippen LogP contribution in [0.5, 0.6) is 5.88 Å². The normalized spacial score (nSPS) is 20.0. The van der Waals surface area contributed by atoms with Crippen molar-refractivity contribution in [3.05, 3.63) is 41.6 Å². The smallest absolute Gasteiger partial charge is 0.264 e. The number of aliphatic hydroxyl groups excluding tert-OH is 1. The molecule has 1 saturated heterocycles. The first-order valence-corrected chi connectivity index (χ1v) is 12.6. The van der Waals surface area contributed by atoms with E-state index in [0.717, 1.165) is 17.1 Å². The molecule has 178 valence electrons. The first-order chi connectivity index (χ1) is 15.8. The van der Waals surface area contributed by atoms with Crippen molar-refractivity contribution < 1.29 is 27.8 Å². The highest BCUT2D eigenvalue weighted by Gasteiger charge is 2.36. The maximum absolute atomic E-state index is 13.4. The SMILES string of the molecule is CC(C(=O)Nc1cnc2c(c1)N(S(=O)(=O)c1cccc(Cl)c1)CC(CO)O2)C1CCOCC1. The predicted molar refractivity (Wildman–Crippen MR) is 123 cm³/mol. The third-order valence-electron chi connectivity index (χ3n) is 5.99. The number of halogens is 1. The molecule has 2 atom stereocenters. The van der Waals surface area contributed by atoms with E-state index in [0.29, 0.717) is 18.9 Å². The number of benzene rings is 1. The molecule has 2 aliphatic heterocycles. The van der Waals surface area contributed by atoms with Crippen LogP contribution in [0.3, 0.4) is 0 Å². The quantitative estimate of drug-likeness (QED) is 0.632. The summed E-state index contributed by atoms with van der Waals surface area (Å²) in [5.74, 6) is -0.122. The minimum Gasteiger partial charge on any atom is -0.468 e. The number of nitrogens with one attached hydrogen (secondary N) is 1. The lowest BCUT2D eigenvalue weighted by Crippen LogP contribution is -2.45. The van der Waals surface area contributed by atoms with Gasteiger partial charge in [-0.15, -0.1) is 0 Å². The van der Waals surface area contributed by atoms with Crippen molar-refractivity contribution in [2.45, 2.75) is 30.8 Å².